The first-order valence-electron chi connectivity index (χ1n) is 7.26. The fourth-order valence-electron chi connectivity index (χ4n) is 2.58. The van der Waals surface area contributed by atoms with E-state index in [1.54, 1.807) is 5.38 Å². The lowest BCUT2D eigenvalue weighted by atomic mass is 10.1. The van der Waals surface area contributed by atoms with Gasteiger partial charge in [0.15, 0.2) is 0 Å². The van der Waals surface area contributed by atoms with Crippen LogP contribution < -0.4 is 0 Å². The first-order valence-corrected chi connectivity index (χ1v) is 8.14. The van der Waals surface area contributed by atoms with Gasteiger partial charge in [-0.25, -0.2) is 13.8 Å². The standard InChI is InChI=1S/C16H16F2N2O2S/c17-15(18)16(22)6-7-20(10-16)13(21)8-12-9-23-14(19-12)11-4-2-1-3-5-11/h1-5,9,15,22H,6-8,10H2/t16-/m1/s1. The molecule has 1 fully saturated rings. The number of hydrogen-bond acceptors (Lipinski definition) is 4. The van der Waals surface area contributed by atoms with E-state index in [-0.39, 0.29) is 31.8 Å². The largest absolute Gasteiger partial charge is 0.382 e. The molecule has 1 aliphatic rings. The first kappa shape index (κ1) is 16.0. The van der Waals surface area contributed by atoms with Crippen LogP contribution in [0.2, 0.25) is 0 Å². The van der Waals surface area contributed by atoms with Crippen LogP contribution in [0.4, 0.5) is 8.78 Å². The van der Waals surface area contributed by atoms with Crippen molar-refractivity contribution in [2.45, 2.75) is 24.9 Å². The molecule has 1 aliphatic heterocycles. The van der Waals surface area contributed by atoms with Gasteiger partial charge in [0.2, 0.25) is 5.91 Å². The van der Waals surface area contributed by atoms with Crippen LogP contribution in [0.5, 0.6) is 0 Å². The molecule has 1 amide bonds. The van der Waals surface area contributed by atoms with Crippen LogP contribution in [0.15, 0.2) is 35.7 Å². The summed E-state index contributed by atoms with van der Waals surface area (Å²) >= 11 is 1.44. The number of benzene rings is 1. The van der Waals surface area contributed by atoms with Crippen molar-refractivity contribution in [2.75, 3.05) is 13.1 Å². The second-order valence-corrected chi connectivity index (χ2v) is 6.51. The van der Waals surface area contributed by atoms with Crippen molar-refractivity contribution < 1.29 is 18.7 Å². The SMILES string of the molecule is O=C(Cc1csc(-c2ccccc2)n1)N1CC[C@](O)(C(F)F)C1. The van der Waals surface area contributed by atoms with Gasteiger partial charge in [-0.2, -0.15) is 0 Å². The first-order chi connectivity index (χ1) is 11.0. The lowest BCUT2D eigenvalue weighted by molar-refractivity contribution is -0.132. The molecule has 0 aliphatic carbocycles. The third-order valence-corrected chi connectivity index (χ3v) is 4.88. The van der Waals surface area contributed by atoms with Crippen LogP contribution in [0.1, 0.15) is 12.1 Å². The Hall–Kier alpha value is -1.86. The van der Waals surface area contributed by atoms with Crippen LogP contribution in [0, 0.1) is 0 Å². The van der Waals surface area contributed by atoms with E-state index < -0.39 is 12.0 Å². The number of likely N-dealkylation sites (tertiary alicyclic amines) is 1. The maximum absolute atomic E-state index is 12.8. The maximum atomic E-state index is 12.8. The molecule has 0 bridgehead atoms. The summed E-state index contributed by atoms with van der Waals surface area (Å²) in [5, 5.41) is 12.4. The molecule has 3 rings (SSSR count). The van der Waals surface area contributed by atoms with Crippen molar-refractivity contribution in [1.29, 1.82) is 0 Å². The molecule has 0 unspecified atom stereocenters. The van der Waals surface area contributed by atoms with E-state index >= 15 is 0 Å². The molecule has 2 heterocycles. The minimum Gasteiger partial charge on any atom is -0.382 e. The Balaban J connectivity index is 1.64. The summed E-state index contributed by atoms with van der Waals surface area (Å²) in [6.45, 7) is -0.172. The van der Waals surface area contributed by atoms with Crippen molar-refractivity contribution in [3.05, 3.63) is 41.4 Å². The number of amides is 1. The number of thiazole rings is 1. The Morgan fingerprint density at radius 1 is 1.39 bits per heavy atom. The number of alkyl halides is 2. The van der Waals surface area contributed by atoms with Crippen molar-refractivity contribution in [2.24, 2.45) is 0 Å². The van der Waals surface area contributed by atoms with Crippen LogP contribution in [0.25, 0.3) is 10.6 Å². The number of halogens is 2. The van der Waals surface area contributed by atoms with Gasteiger partial charge in [0, 0.05) is 23.9 Å². The number of carbonyl (C=O) groups excluding carboxylic acids is 1. The predicted molar refractivity (Wildman–Crippen MR) is 83.4 cm³/mol. The van der Waals surface area contributed by atoms with Crippen LogP contribution in [-0.4, -0.2) is 46.0 Å². The van der Waals surface area contributed by atoms with E-state index in [9.17, 15) is 18.7 Å². The van der Waals surface area contributed by atoms with Crippen molar-refractivity contribution in [3.63, 3.8) is 0 Å². The van der Waals surface area contributed by atoms with Crippen molar-refractivity contribution >= 4 is 17.2 Å². The topological polar surface area (TPSA) is 53.4 Å². The van der Waals surface area contributed by atoms with Gasteiger partial charge in [-0.15, -0.1) is 11.3 Å². The lowest BCUT2D eigenvalue weighted by Gasteiger charge is -2.22. The third-order valence-electron chi connectivity index (χ3n) is 3.94. The van der Waals surface area contributed by atoms with Crippen LogP contribution >= 0.6 is 11.3 Å². The molecular formula is C16H16F2N2O2S. The highest BCUT2D eigenvalue weighted by Gasteiger charge is 2.45. The molecular weight excluding hydrogens is 322 g/mol. The fraction of sp³-hybridized carbons (Fsp3) is 0.375. The van der Waals surface area contributed by atoms with Crippen molar-refractivity contribution in [1.82, 2.24) is 9.88 Å². The molecule has 1 aromatic carbocycles. The fourth-order valence-corrected chi connectivity index (χ4v) is 3.40. The molecule has 4 nitrogen and oxygen atoms in total. The van der Waals surface area contributed by atoms with Gasteiger partial charge < -0.3 is 10.0 Å². The molecule has 122 valence electrons. The van der Waals surface area contributed by atoms with Gasteiger partial charge in [0.25, 0.3) is 6.43 Å². The summed E-state index contributed by atoms with van der Waals surface area (Å²) in [5.41, 5.74) is -0.483. The van der Waals surface area contributed by atoms with Gasteiger partial charge in [0.05, 0.1) is 18.7 Å². The number of hydrogen-bond donors (Lipinski definition) is 1. The minimum atomic E-state index is -2.84. The summed E-state index contributed by atoms with van der Waals surface area (Å²) in [6, 6.07) is 9.62. The zero-order valence-corrected chi connectivity index (χ0v) is 13.1. The molecule has 0 spiro atoms. The lowest BCUT2D eigenvalue weighted by Crippen LogP contribution is -2.42. The zero-order valence-electron chi connectivity index (χ0n) is 12.3. The Kier molecular flexibility index (Phi) is 4.41. The van der Waals surface area contributed by atoms with E-state index in [0.29, 0.717) is 5.69 Å². The smallest absolute Gasteiger partial charge is 0.268 e. The van der Waals surface area contributed by atoms with E-state index in [2.05, 4.69) is 4.98 Å². The van der Waals surface area contributed by atoms with Gasteiger partial charge in [-0.05, 0) is 0 Å². The van der Waals surface area contributed by atoms with E-state index in [1.807, 2.05) is 30.3 Å². The summed E-state index contributed by atoms with van der Waals surface area (Å²) in [4.78, 5) is 17.9. The highest BCUT2D eigenvalue weighted by Crippen LogP contribution is 2.28. The Bertz CT molecular complexity index is 692. The highest BCUT2D eigenvalue weighted by molar-refractivity contribution is 7.13. The maximum Gasteiger partial charge on any atom is 0.268 e. The molecule has 7 heteroatoms. The number of aliphatic hydroxyl groups is 1. The zero-order chi connectivity index (χ0) is 16.4. The molecule has 1 saturated heterocycles. The molecule has 1 atom stereocenters. The summed E-state index contributed by atoms with van der Waals surface area (Å²) in [7, 11) is 0. The van der Waals surface area contributed by atoms with Crippen LogP contribution in [0.3, 0.4) is 0 Å². The number of β-amino-alcohol motifs (C(OH)–C–C–N with tert-alkyl or cyclic N) is 1. The Labute approximate surface area is 136 Å². The normalized spacial score (nSPS) is 21.1. The molecule has 23 heavy (non-hydrogen) atoms. The second-order valence-electron chi connectivity index (χ2n) is 5.66. The number of aromatic nitrogens is 1. The average Bonchev–Trinajstić information content (AvgIpc) is 3.16. The van der Waals surface area contributed by atoms with Crippen LogP contribution in [-0.2, 0) is 11.2 Å². The predicted octanol–water partition coefficient (Wildman–Crippen LogP) is 2.58. The number of nitrogens with zero attached hydrogens (tertiary/aromatic N) is 2. The number of rotatable bonds is 4. The molecule has 1 aromatic heterocycles. The molecule has 2 aromatic rings. The Morgan fingerprint density at radius 2 is 2.13 bits per heavy atom. The molecule has 0 radical (unpaired) electrons. The van der Waals surface area contributed by atoms with Gasteiger partial charge in [-0.1, -0.05) is 30.3 Å². The van der Waals surface area contributed by atoms with Gasteiger partial charge in [0.1, 0.15) is 10.6 Å². The molecule has 1 N–H and O–H groups in total. The van der Waals surface area contributed by atoms with Gasteiger partial charge >= 0.3 is 0 Å². The van der Waals surface area contributed by atoms with E-state index in [0.717, 1.165) is 10.6 Å². The van der Waals surface area contributed by atoms with Crippen molar-refractivity contribution in [3.8, 4) is 10.6 Å². The molecule has 0 saturated carbocycles. The minimum absolute atomic E-state index is 0.0582. The summed E-state index contributed by atoms with van der Waals surface area (Å²) in [6.07, 6.45) is -2.88. The quantitative estimate of drug-likeness (QED) is 0.932. The summed E-state index contributed by atoms with van der Waals surface area (Å²) < 4.78 is 25.6. The third kappa shape index (κ3) is 3.40. The number of carbonyl (C=O) groups is 1. The van der Waals surface area contributed by atoms with E-state index in [1.165, 1.54) is 16.2 Å². The Morgan fingerprint density at radius 3 is 2.78 bits per heavy atom. The average molecular weight is 338 g/mol. The monoisotopic (exact) mass is 338 g/mol. The summed E-state index contributed by atoms with van der Waals surface area (Å²) in [5.74, 6) is -0.286. The van der Waals surface area contributed by atoms with E-state index in [4.69, 9.17) is 0 Å². The second kappa shape index (κ2) is 6.33. The highest BCUT2D eigenvalue weighted by atomic mass is 32.1. The van der Waals surface area contributed by atoms with Gasteiger partial charge in [-0.3, -0.25) is 4.79 Å².